The van der Waals surface area contributed by atoms with E-state index in [0.29, 0.717) is 5.92 Å². The zero-order valence-corrected chi connectivity index (χ0v) is 24.4. The maximum Gasteiger partial charge on any atom is 0.228 e. The molecule has 0 N–H and O–H groups in total. The van der Waals surface area contributed by atoms with Crippen LogP contribution in [0.2, 0.25) is 0 Å². The van der Waals surface area contributed by atoms with Gasteiger partial charge in [-0.1, -0.05) is 82.0 Å². The quantitative estimate of drug-likeness (QED) is 0.165. The standard InChI is InChI=1S/C37H40NO/c1-22-15-16-27-29(19-22)23(2)33-35-34-28(17-18-38(35)6)26-14-10-13-25(24-11-8-7-9-12-24)30(26)20-32(34)39-36(33)31(27)21-37(3,4)5/h10,13-20,24H,7-9,11-12,21H2,1-6H3/q+1. The van der Waals surface area contributed by atoms with Crippen molar-refractivity contribution in [2.45, 2.75) is 79.1 Å². The van der Waals surface area contributed by atoms with Crippen molar-refractivity contribution in [2.75, 3.05) is 0 Å². The van der Waals surface area contributed by atoms with Crippen LogP contribution >= 0.6 is 0 Å². The van der Waals surface area contributed by atoms with Gasteiger partial charge in [0.25, 0.3) is 0 Å². The summed E-state index contributed by atoms with van der Waals surface area (Å²) in [5, 5.41) is 7.96. The zero-order chi connectivity index (χ0) is 27.1. The van der Waals surface area contributed by atoms with Crippen LogP contribution in [0.3, 0.4) is 0 Å². The molecule has 0 atom stereocenters. The first-order chi connectivity index (χ1) is 18.7. The molecular weight excluding hydrogens is 474 g/mol. The highest BCUT2D eigenvalue weighted by Crippen LogP contribution is 2.53. The van der Waals surface area contributed by atoms with E-state index in [-0.39, 0.29) is 5.41 Å². The van der Waals surface area contributed by atoms with Crippen molar-refractivity contribution in [3.8, 4) is 22.8 Å². The summed E-state index contributed by atoms with van der Waals surface area (Å²) in [4.78, 5) is 0. The molecule has 2 aliphatic rings. The third-order valence-corrected chi connectivity index (χ3v) is 9.26. The summed E-state index contributed by atoms with van der Waals surface area (Å²) in [5.41, 5.74) is 8.13. The largest absolute Gasteiger partial charge is 0.455 e. The molecule has 0 unspecified atom stereocenters. The van der Waals surface area contributed by atoms with Crippen molar-refractivity contribution in [3.63, 3.8) is 0 Å². The Morgan fingerprint density at radius 1 is 0.846 bits per heavy atom. The van der Waals surface area contributed by atoms with Gasteiger partial charge in [0.05, 0.1) is 10.9 Å². The Morgan fingerprint density at radius 3 is 2.41 bits per heavy atom. The normalized spacial score (nSPS) is 15.6. The molecule has 1 aliphatic carbocycles. The van der Waals surface area contributed by atoms with E-state index in [1.54, 1.807) is 0 Å². The topological polar surface area (TPSA) is 13.1 Å². The molecule has 2 heterocycles. The molecular formula is C37H40NO+. The molecule has 2 nitrogen and oxygen atoms in total. The molecule has 39 heavy (non-hydrogen) atoms. The maximum atomic E-state index is 7.14. The van der Waals surface area contributed by atoms with Crippen molar-refractivity contribution in [1.29, 1.82) is 0 Å². The van der Waals surface area contributed by atoms with Crippen molar-refractivity contribution in [1.82, 2.24) is 0 Å². The van der Waals surface area contributed by atoms with E-state index in [4.69, 9.17) is 4.74 Å². The summed E-state index contributed by atoms with van der Waals surface area (Å²) in [6, 6.07) is 18.6. The van der Waals surface area contributed by atoms with E-state index in [1.807, 2.05) is 0 Å². The van der Waals surface area contributed by atoms with Gasteiger partial charge in [-0.15, -0.1) is 0 Å². The number of hydrogen-bond acceptors (Lipinski definition) is 1. The number of aromatic nitrogens is 1. The van der Waals surface area contributed by atoms with Gasteiger partial charge in [-0.3, -0.25) is 0 Å². The summed E-state index contributed by atoms with van der Waals surface area (Å²) >= 11 is 0. The second kappa shape index (κ2) is 8.81. The van der Waals surface area contributed by atoms with Crippen molar-refractivity contribution in [3.05, 3.63) is 77.0 Å². The van der Waals surface area contributed by atoms with Crippen LogP contribution in [-0.2, 0) is 13.5 Å². The number of rotatable bonds is 2. The molecule has 2 heteroatoms. The van der Waals surface area contributed by atoms with Crippen LogP contribution in [-0.4, -0.2) is 0 Å². The van der Waals surface area contributed by atoms with E-state index in [9.17, 15) is 0 Å². The molecule has 1 aromatic heterocycles. The Morgan fingerprint density at radius 2 is 1.64 bits per heavy atom. The van der Waals surface area contributed by atoms with Gasteiger partial charge in [-0.05, 0) is 83.2 Å². The van der Waals surface area contributed by atoms with Crippen molar-refractivity contribution in [2.24, 2.45) is 12.5 Å². The minimum atomic E-state index is 0.135. The lowest BCUT2D eigenvalue weighted by molar-refractivity contribution is -0.659. The number of benzene rings is 4. The van der Waals surface area contributed by atoms with E-state index in [1.165, 1.54) is 97.9 Å². The summed E-state index contributed by atoms with van der Waals surface area (Å²) in [6.07, 6.45) is 9.87. The first-order valence-electron chi connectivity index (χ1n) is 14.8. The predicted octanol–water partition coefficient (Wildman–Crippen LogP) is 10.00. The van der Waals surface area contributed by atoms with Gasteiger partial charge < -0.3 is 4.74 Å². The van der Waals surface area contributed by atoms with Crippen LogP contribution in [0.5, 0.6) is 11.5 Å². The molecule has 0 amide bonds. The van der Waals surface area contributed by atoms with Crippen LogP contribution in [0.1, 0.15) is 81.0 Å². The number of hydrogen-bond donors (Lipinski definition) is 0. The third-order valence-electron chi connectivity index (χ3n) is 9.26. The van der Waals surface area contributed by atoms with Crippen LogP contribution < -0.4 is 9.30 Å². The lowest BCUT2D eigenvalue weighted by Crippen LogP contribution is -2.32. The molecule has 0 saturated heterocycles. The first-order valence-corrected chi connectivity index (χ1v) is 14.8. The van der Waals surface area contributed by atoms with E-state index < -0.39 is 0 Å². The van der Waals surface area contributed by atoms with Gasteiger partial charge >= 0.3 is 0 Å². The molecule has 0 radical (unpaired) electrons. The lowest BCUT2D eigenvalue weighted by Gasteiger charge is -2.29. The highest BCUT2D eigenvalue weighted by Gasteiger charge is 2.34. The minimum absolute atomic E-state index is 0.135. The lowest BCUT2D eigenvalue weighted by atomic mass is 9.80. The van der Waals surface area contributed by atoms with Crippen LogP contribution in [0.25, 0.3) is 43.6 Å². The van der Waals surface area contributed by atoms with Crippen LogP contribution in [0.4, 0.5) is 0 Å². The van der Waals surface area contributed by atoms with E-state index >= 15 is 0 Å². The van der Waals surface area contributed by atoms with Gasteiger partial charge in [0.15, 0.2) is 6.20 Å². The molecule has 1 saturated carbocycles. The fourth-order valence-electron chi connectivity index (χ4n) is 7.48. The van der Waals surface area contributed by atoms with Gasteiger partial charge in [-0.2, -0.15) is 0 Å². The fourth-order valence-corrected chi connectivity index (χ4v) is 7.48. The summed E-state index contributed by atoms with van der Waals surface area (Å²) in [7, 11) is 2.19. The Bertz CT molecular complexity index is 1800. The molecule has 0 bridgehead atoms. The average Bonchev–Trinajstić information content (AvgIpc) is 2.91. The second-order valence-electron chi connectivity index (χ2n) is 13.4. The van der Waals surface area contributed by atoms with E-state index in [0.717, 1.165) is 17.9 Å². The Balaban J connectivity index is 1.59. The number of nitrogens with zero attached hydrogens (tertiary/aromatic N) is 1. The van der Waals surface area contributed by atoms with Crippen molar-refractivity contribution < 1.29 is 9.30 Å². The molecule has 7 rings (SSSR count). The number of fused-ring (bicyclic) bond motifs is 5. The third kappa shape index (κ3) is 3.86. The summed E-state index contributed by atoms with van der Waals surface area (Å²) in [6.45, 7) is 11.5. The smallest absolute Gasteiger partial charge is 0.228 e. The van der Waals surface area contributed by atoms with Gasteiger partial charge in [-0.25, -0.2) is 4.57 Å². The minimum Gasteiger partial charge on any atom is -0.455 e. The van der Waals surface area contributed by atoms with Gasteiger partial charge in [0.2, 0.25) is 5.69 Å². The maximum absolute atomic E-state index is 7.14. The molecule has 1 fully saturated rings. The second-order valence-corrected chi connectivity index (χ2v) is 13.4. The highest BCUT2D eigenvalue weighted by molar-refractivity contribution is 6.17. The van der Waals surface area contributed by atoms with Gasteiger partial charge in [0, 0.05) is 17.0 Å². The monoisotopic (exact) mass is 514 g/mol. The van der Waals surface area contributed by atoms with Gasteiger partial charge in [0.1, 0.15) is 18.5 Å². The molecule has 4 aromatic carbocycles. The molecule has 5 aromatic rings. The zero-order valence-electron chi connectivity index (χ0n) is 24.4. The first kappa shape index (κ1) is 24.6. The summed E-state index contributed by atoms with van der Waals surface area (Å²) < 4.78 is 9.46. The Labute approximate surface area is 232 Å². The number of ether oxygens (including phenoxy) is 1. The van der Waals surface area contributed by atoms with Crippen LogP contribution in [0, 0.1) is 19.3 Å². The molecule has 0 spiro atoms. The van der Waals surface area contributed by atoms with Crippen molar-refractivity contribution >= 4 is 32.3 Å². The predicted molar refractivity (Wildman–Crippen MR) is 164 cm³/mol. The SMILES string of the molecule is Cc1ccc2c(CC(C)(C)C)c3c(c(C)c2c1)-c1c2c(cc4c(C5CCCCC5)cccc4c2cc[n+]1C)O3. The number of aryl methyl sites for hydroxylation is 3. The Kier molecular flexibility index (Phi) is 5.57. The molecule has 198 valence electrons. The van der Waals surface area contributed by atoms with Crippen LogP contribution in [0.15, 0.2) is 54.7 Å². The highest BCUT2D eigenvalue weighted by atomic mass is 16.5. The fraction of sp³-hybridized carbons (Fsp3) is 0.378. The molecule has 1 aliphatic heterocycles. The summed E-state index contributed by atoms with van der Waals surface area (Å²) in [5.74, 6) is 2.72. The number of pyridine rings is 1. The van der Waals surface area contributed by atoms with E-state index in [2.05, 4.69) is 101 Å². The Hall–Kier alpha value is -3.39. The average molecular weight is 515 g/mol.